The zero-order valence-corrected chi connectivity index (χ0v) is 51.0. The van der Waals surface area contributed by atoms with Crippen molar-refractivity contribution in [3.05, 3.63) is 93.5 Å². The summed E-state index contributed by atoms with van der Waals surface area (Å²) in [7, 11) is 4.21. The standard InChI is InChI=1S/C59H72Cl2N14O12/c1-36(62)50(76)64-48(54(78)74-24-14-20-46(74)52-66-58(34-86-52,56(80)82-6)28-40-16-12-18-42(60)26-40)38(3)84-32-44-30-72(70-68-44)22-10-8-9-11-23-73-31-45(69-71-73)33-85-39(4)49(65-51(77)37(2)63-5)55(79)75-25-15-21-47(75)53-67-59(35-87-53,57(81)83-7)29-41-17-13-19-43(61)27-41/h12-13,16-19,26-27,30-31,36-39,46-49,63H,14-15,20-25,28-29,32-35,62H2,1-7H3,(H,64,76)(H,65,77)/t36-,37-,38+,39+,46-,47-,48?,49-,58+,59+/m0/s1. The molecule has 0 aliphatic carbocycles. The van der Waals surface area contributed by atoms with Gasteiger partial charge in [-0.3, -0.25) is 19.2 Å². The second-order valence-corrected chi connectivity index (χ2v) is 22.6. The summed E-state index contributed by atoms with van der Waals surface area (Å²) in [5, 5.41) is 26.2. The average molecular weight is 1240 g/mol. The lowest BCUT2D eigenvalue weighted by Gasteiger charge is -2.32. The molecular formula is C59H72Cl2N14O12. The van der Waals surface area contributed by atoms with Gasteiger partial charge < -0.3 is 59.9 Å². The summed E-state index contributed by atoms with van der Waals surface area (Å²) in [4.78, 5) is 94.5. The summed E-state index contributed by atoms with van der Waals surface area (Å²) in [6.07, 6.45) is 4.15. The van der Waals surface area contributed by atoms with Crippen molar-refractivity contribution >= 4 is 70.6 Å². The predicted octanol–water partition coefficient (Wildman–Crippen LogP) is 1.77. The van der Waals surface area contributed by atoms with Gasteiger partial charge in [-0.25, -0.2) is 28.9 Å². The van der Waals surface area contributed by atoms with E-state index in [9.17, 15) is 28.8 Å². The topological polar surface area (TPSA) is 313 Å². The van der Waals surface area contributed by atoms with Gasteiger partial charge in [-0.05, 0) is 108 Å². The number of esters is 2. The molecule has 10 atom stereocenters. The molecule has 26 nitrogen and oxygen atoms in total. The van der Waals surface area contributed by atoms with E-state index in [4.69, 9.17) is 67.3 Å². The van der Waals surface area contributed by atoms with Crippen molar-refractivity contribution in [1.82, 2.24) is 55.7 Å². The maximum atomic E-state index is 14.5. The van der Waals surface area contributed by atoms with E-state index in [0.717, 1.165) is 11.1 Å². The Morgan fingerprint density at radius 3 is 1.53 bits per heavy atom. The first-order valence-corrected chi connectivity index (χ1v) is 29.2. The molecule has 4 aromatic rings. The van der Waals surface area contributed by atoms with E-state index in [0.29, 0.717) is 60.2 Å². The van der Waals surface area contributed by atoms with E-state index in [-0.39, 0.29) is 64.2 Å². The maximum absolute atomic E-state index is 14.5. The van der Waals surface area contributed by atoms with Crippen LogP contribution in [-0.4, -0.2) is 194 Å². The number of methoxy groups -OCH3 is 2. The molecule has 1 unspecified atom stereocenters. The van der Waals surface area contributed by atoms with Crippen molar-refractivity contribution in [2.24, 2.45) is 15.7 Å². The fourth-order valence-corrected chi connectivity index (χ4v) is 10.9. The Morgan fingerprint density at radius 1 is 0.690 bits per heavy atom. The maximum Gasteiger partial charge on any atom is 0.337 e. The number of likely N-dealkylation sites (tertiary alicyclic amines) is 2. The van der Waals surface area contributed by atoms with E-state index >= 15 is 0 Å². The lowest BCUT2D eigenvalue weighted by atomic mass is 9.92. The third kappa shape index (κ3) is 16.2. The van der Waals surface area contributed by atoms with Crippen LogP contribution in [0.5, 0.6) is 0 Å². The largest absolute Gasteiger partial charge is 0.476 e. The number of hydrogen-bond donors (Lipinski definition) is 4. The first-order valence-electron chi connectivity index (χ1n) is 28.5. The molecule has 87 heavy (non-hydrogen) atoms. The number of nitrogens with one attached hydrogen (secondary N) is 3. The van der Waals surface area contributed by atoms with Crippen molar-refractivity contribution in [3.8, 4) is 23.7 Å². The number of likely N-dealkylation sites (N-methyl/N-ethyl adjacent to an activating group) is 1. The molecule has 5 N–H and O–H groups in total. The molecule has 0 spiro atoms. The number of amides is 4. The number of aromatic nitrogens is 6. The average Bonchev–Trinajstić information content (AvgIpc) is 1.75. The molecule has 2 aromatic carbocycles. The SMILES string of the molecule is CN[C@@H](C)C(=O)N[C@H](C(=O)N1CCC[C@H]1C1=N[C@@](Cc2cccc(Cl)c2)(C(=O)OC)CO1)[C@@H](C)OCc1cn(CC#CC#CCn2cc(CO[C@H](C)C(NC(=O)[C@H](C)N)C(=O)N3CCC[C@H]3C3=N[C@@](Cc4cccc(Cl)c4)(C(=O)OC)CO3)nn2)nn1. The van der Waals surface area contributed by atoms with Gasteiger partial charge >= 0.3 is 11.9 Å². The summed E-state index contributed by atoms with van der Waals surface area (Å²) in [5.74, 6) is 8.90. The molecule has 2 fully saturated rings. The highest BCUT2D eigenvalue weighted by Gasteiger charge is 2.51. The van der Waals surface area contributed by atoms with Crippen molar-refractivity contribution in [2.75, 3.05) is 47.6 Å². The highest BCUT2D eigenvalue weighted by molar-refractivity contribution is 6.31. The van der Waals surface area contributed by atoms with Crippen LogP contribution >= 0.6 is 23.2 Å². The number of nitrogens with zero attached hydrogens (tertiary/aromatic N) is 10. The number of benzene rings is 2. The lowest BCUT2D eigenvalue weighted by molar-refractivity contribution is -0.148. The van der Waals surface area contributed by atoms with Crippen LogP contribution in [0.3, 0.4) is 0 Å². The zero-order chi connectivity index (χ0) is 62.4. The van der Waals surface area contributed by atoms with Crippen molar-refractivity contribution in [2.45, 2.75) is 152 Å². The van der Waals surface area contributed by atoms with Gasteiger partial charge in [-0.1, -0.05) is 69.7 Å². The molecule has 4 aliphatic heterocycles. The quantitative estimate of drug-likeness (QED) is 0.0543. The van der Waals surface area contributed by atoms with Crippen LogP contribution in [0.1, 0.15) is 75.9 Å². The van der Waals surface area contributed by atoms with E-state index in [1.54, 1.807) is 86.4 Å². The van der Waals surface area contributed by atoms with Crippen LogP contribution < -0.4 is 21.7 Å². The van der Waals surface area contributed by atoms with Crippen LogP contribution in [0.25, 0.3) is 0 Å². The predicted molar refractivity (Wildman–Crippen MR) is 316 cm³/mol. The number of carbonyl (C=O) groups is 6. The van der Waals surface area contributed by atoms with Crippen molar-refractivity contribution in [1.29, 1.82) is 0 Å². The first kappa shape index (κ1) is 65.0. The van der Waals surface area contributed by atoms with Crippen LogP contribution in [0.15, 0.2) is 70.9 Å². The number of carbonyl (C=O) groups excluding carboxylic acids is 6. The minimum Gasteiger partial charge on any atom is -0.476 e. The summed E-state index contributed by atoms with van der Waals surface area (Å²) < 4.78 is 37.9. The number of nitrogens with two attached hydrogens (primary N) is 1. The van der Waals surface area contributed by atoms with Crippen molar-refractivity contribution < 1.29 is 57.2 Å². The Labute approximate surface area is 513 Å². The van der Waals surface area contributed by atoms with Crippen LogP contribution in [0.4, 0.5) is 0 Å². The van der Waals surface area contributed by atoms with Gasteiger partial charge in [0.2, 0.25) is 35.4 Å². The molecule has 2 saturated heterocycles. The van der Waals surface area contributed by atoms with Gasteiger partial charge in [0.15, 0.2) is 11.1 Å². The molecule has 28 heteroatoms. The number of rotatable bonds is 25. The van der Waals surface area contributed by atoms with Gasteiger partial charge in [-0.2, -0.15) is 0 Å². The molecule has 6 heterocycles. The molecular weight excluding hydrogens is 1170 g/mol. The van der Waals surface area contributed by atoms with Crippen molar-refractivity contribution in [3.63, 3.8) is 0 Å². The third-order valence-electron chi connectivity index (χ3n) is 15.3. The number of aliphatic imine (C=N–C) groups is 2. The van der Waals surface area contributed by atoms with Gasteiger partial charge in [0.25, 0.3) is 0 Å². The minimum atomic E-state index is -1.39. The van der Waals surface area contributed by atoms with Crippen LogP contribution in [0, 0.1) is 23.7 Å². The summed E-state index contributed by atoms with van der Waals surface area (Å²) >= 11 is 12.5. The molecule has 0 radical (unpaired) electrons. The number of hydrogen-bond acceptors (Lipinski definition) is 20. The number of ether oxygens (including phenoxy) is 6. The van der Waals surface area contributed by atoms with Crippen LogP contribution in [0.2, 0.25) is 10.0 Å². The van der Waals surface area contributed by atoms with Gasteiger partial charge in [-0.15, -0.1) is 10.2 Å². The molecule has 4 amide bonds. The zero-order valence-electron chi connectivity index (χ0n) is 49.5. The number of halogens is 2. The molecule has 0 saturated carbocycles. The Balaban J connectivity index is 0.833. The monoisotopic (exact) mass is 1240 g/mol. The Kier molecular flexibility index (Phi) is 22.1. The van der Waals surface area contributed by atoms with Crippen LogP contribution in [-0.2, 0) is 96.3 Å². The molecule has 464 valence electrons. The van der Waals surface area contributed by atoms with E-state index < -0.39 is 95.1 Å². The third-order valence-corrected chi connectivity index (χ3v) is 15.8. The first-order chi connectivity index (χ1) is 41.7. The Morgan fingerprint density at radius 2 is 1.13 bits per heavy atom. The second-order valence-electron chi connectivity index (χ2n) is 21.7. The fourth-order valence-electron chi connectivity index (χ4n) is 10.5. The minimum absolute atomic E-state index is 0.0489. The fraction of sp³-hybridized carbons (Fsp3) is 0.525. The lowest BCUT2D eigenvalue weighted by Crippen LogP contribution is -2.58. The van der Waals surface area contributed by atoms with Gasteiger partial charge in [0.05, 0.1) is 64.1 Å². The molecule has 0 bridgehead atoms. The Hall–Kier alpha value is -7.98. The molecule has 2 aromatic heterocycles. The van der Waals surface area contributed by atoms with E-state index in [1.807, 2.05) is 12.1 Å². The highest BCUT2D eigenvalue weighted by atomic mass is 35.5. The molecule has 4 aliphatic rings. The Bertz CT molecular complexity index is 3350. The molecule has 8 rings (SSSR count). The van der Waals surface area contributed by atoms with Gasteiger partial charge in [0.1, 0.15) is 61.9 Å². The van der Waals surface area contributed by atoms with E-state index in [1.165, 1.54) is 30.5 Å². The highest BCUT2D eigenvalue weighted by Crippen LogP contribution is 2.34. The normalized spacial score (nSPS) is 21.7. The second kappa shape index (κ2) is 29.6. The summed E-state index contributed by atoms with van der Waals surface area (Å²) in [5.41, 5.74) is 5.54. The summed E-state index contributed by atoms with van der Waals surface area (Å²) in [6.45, 7) is 7.20. The smallest absolute Gasteiger partial charge is 0.337 e. The summed E-state index contributed by atoms with van der Waals surface area (Å²) in [6, 6.07) is 9.13. The van der Waals surface area contributed by atoms with Gasteiger partial charge in [0, 0.05) is 36.0 Å². The van der Waals surface area contributed by atoms with E-state index in [2.05, 4.69) is 60.3 Å².